The average molecular weight is 496 g/mol. The number of likely N-dealkylation sites (tertiary alicyclic amines) is 1. The maximum absolute atomic E-state index is 12.5. The molecule has 4 heterocycles. The Balaban J connectivity index is 1.38. The van der Waals surface area contributed by atoms with E-state index >= 15 is 0 Å². The second-order valence-electron chi connectivity index (χ2n) is 9.72. The summed E-state index contributed by atoms with van der Waals surface area (Å²) in [6.45, 7) is 6.44. The molecule has 1 aromatic carbocycles. The molecule has 2 aromatic heterocycles. The average Bonchev–Trinajstić information content (AvgIpc) is 3.45. The van der Waals surface area contributed by atoms with Crippen molar-refractivity contribution in [3.8, 4) is 16.9 Å². The maximum atomic E-state index is 12.5. The van der Waals surface area contributed by atoms with Crippen LogP contribution < -0.4 is 10.1 Å². The van der Waals surface area contributed by atoms with Gasteiger partial charge in [-0.15, -0.1) is 11.3 Å². The summed E-state index contributed by atoms with van der Waals surface area (Å²) in [5.74, 6) is 1.04. The van der Waals surface area contributed by atoms with E-state index in [1.807, 2.05) is 31.2 Å². The monoisotopic (exact) mass is 495 g/mol. The van der Waals surface area contributed by atoms with Crippen LogP contribution in [-0.2, 0) is 16.1 Å². The van der Waals surface area contributed by atoms with Gasteiger partial charge >= 0.3 is 0 Å². The van der Waals surface area contributed by atoms with Crippen molar-refractivity contribution in [3.05, 3.63) is 45.9 Å². The number of carbonyl (C=O) groups is 2. The summed E-state index contributed by atoms with van der Waals surface area (Å²) in [5, 5.41) is 4.09. The van der Waals surface area contributed by atoms with E-state index < -0.39 is 0 Å². The van der Waals surface area contributed by atoms with Crippen molar-refractivity contribution in [1.29, 1.82) is 0 Å². The van der Waals surface area contributed by atoms with Crippen LogP contribution in [0.15, 0.2) is 30.5 Å². The number of ether oxygens (including phenoxy) is 1. The molecule has 6 rings (SSSR count). The Morgan fingerprint density at radius 3 is 2.76 bits per heavy atom. The number of halogens is 1. The Morgan fingerprint density at radius 1 is 1.21 bits per heavy atom. The number of imide groups is 1. The van der Waals surface area contributed by atoms with E-state index in [4.69, 9.17) is 16.3 Å². The summed E-state index contributed by atoms with van der Waals surface area (Å²) < 4.78 is 7.64. The molecular formula is C26H26ClN3O3S. The van der Waals surface area contributed by atoms with Gasteiger partial charge in [0.25, 0.3) is 0 Å². The van der Waals surface area contributed by atoms with Gasteiger partial charge in [0, 0.05) is 39.7 Å². The van der Waals surface area contributed by atoms with E-state index in [9.17, 15) is 9.59 Å². The molecule has 6 nitrogen and oxygen atoms in total. The Morgan fingerprint density at radius 2 is 2.00 bits per heavy atom. The standard InChI is InChI=1S/C26H26ClN3O3S/c1-13-7-15(27)8-18(23(13)33-22-4-5-28-11-14(22)2)17-3-6-29-21-9-16(34-24(17)21)12-30-25(31)19-10-20(19)26(30)32/h3,6-9,14,19-20,22,28H,4-5,10-12H2,1-2H3. The molecule has 1 N–H and O–H groups in total. The van der Waals surface area contributed by atoms with Gasteiger partial charge in [0.1, 0.15) is 11.9 Å². The number of nitrogens with one attached hydrogen (secondary N) is 1. The van der Waals surface area contributed by atoms with Gasteiger partial charge in [-0.3, -0.25) is 19.5 Å². The Kier molecular flexibility index (Phi) is 5.39. The zero-order chi connectivity index (χ0) is 23.6. The van der Waals surface area contributed by atoms with Gasteiger partial charge in [-0.25, -0.2) is 0 Å². The van der Waals surface area contributed by atoms with E-state index in [0.29, 0.717) is 17.5 Å². The van der Waals surface area contributed by atoms with Crippen molar-refractivity contribution < 1.29 is 14.3 Å². The zero-order valence-corrected chi connectivity index (χ0v) is 20.7. The number of thiophene rings is 1. The van der Waals surface area contributed by atoms with Crippen molar-refractivity contribution in [3.63, 3.8) is 0 Å². The summed E-state index contributed by atoms with van der Waals surface area (Å²) in [7, 11) is 0. The number of amides is 2. The number of carbonyl (C=O) groups excluding carboxylic acids is 2. The first kappa shape index (κ1) is 22.0. The van der Waals surface area contributed by atoms with Crippen molar-refractivity contribution in [2.75, 3.05) is 13.1 Å². The summed E-state index contributed by atoms with van der Waals surface area (Å²) in [6.07, 6.45) is 3.61. The SMILES string of the molecule is Cc1cc(Cl)cc(-c2ccnc3cc(CN4C(=O)C5CC5C4=O)sc23)c1OC1CCNCC1C. The fraction of sp³-hybridized carbons (Fsp3) is 0.423. The Labute approximate surface area is 207 Å². The fourth-order valence-electron chi connectivity index (χ4n) is 5.24. The molecule has 0 radical (unpaired) electrons. The molecule has 34 heavy (non-hydrogen) atoms. The number of nitrogens with zero attached hydrogens (tertiary/aromatic N) is 2. The topological polar surface area (TPSA) is 71.5 Å². The number of piperidine rings is 2. The second kappa shape index (κ2) is 8.33. The highest BCUT2D eigenvalue weighted by atomic mass is 35.5. The first-order valence-electron chi connectivity index (χ1n) is 11.8. The van der Waals surface area contributed by atoms with E-state index in [2.05, 4.69) is 17.2 Å². The molecule has 0 spiro atoms. The minimum Gasteiger partial charge on any atom is -0.489 e. The van der Waals surface area contributed by atoms with Crippen LogP contribution >= 0.6 is 22.9 Å². The van der Waals surface area contributed by atoms with E-state index in [1.165, 1.54) is 4.90 Å². The molecule has 3 fully saturated rings. The van der Waals surface area contributed by atoms with Gasteiger partial charge < -0.3 is 10.1 Å². The van der Waals surface area contributed by atoms with E-state index in [-0.39, 0.29) is 29.8 Å². The first-order chi connectivity index (χ1) is 16.4. The van der Waals surface area contributed by atoms with Crippen LogP contribution in [0.25, 0.3) is 21.3 Å². The number of aromatic nitrogens is 1. The number of benzene rings is 1. The largest absolute Gasteiger partial charge is 0.489 e. The third kappa shape index (κ3) is 3.70. The molecule has 3 aliphatic rings. The van der Waals surface area contributed by atoms with Gasteiger partial charge in [-0.2, -0.15) is 0 Å². The van der Waals surface area contributed by atoms with Crippen molar-refractivity contribution in [1.82, 2.24) is 15.2 Å². The van der Waals surface area contributed by atoms with Gasteiger partial charge in [0.05, 0.1) is 28.6 Å². The number of rotatable bonds is 5. The van der Waals surface area contributed by atoms with E-state index in [0.717, 1.165) is 63.5 Å². The molecule has 1 saturated carbocycles. The quantitative estimate of drug-likeness (QED) is 0.514. The van der Waals surface area contributed by atoms with Gasteiger partial charge in [0.15, 0.2) is 0 Å². The summed E-state index contributed by atoms with van der Waals surface area (Å²) >= 11 is 8.08. The van der Waals surface area contributed by atoms with Crippen LogP contribution in [0.3, 0.4) is 0 Å². The number of hydrogen-bond acceptors (Lipinski definition) is 6. The third-order valence-electron chi connectivity index (χ3n) is 7.24. The molecule has 1 aliphatic carbocycles. The number of pyridine rings is 1. The van der Waals surface area contributed by atoms with Gasteiger partial charge in [-0.05, 0) is 56.1 Å². The first-order valence-corrected chi connectivity index (χ1v) is 13.0. The molecule has 8 heteroatoms. The molecule has 0 bridgehead atoms. The highest BCUT2D eigenvalue weighted by Gasteiger charge is 2.58. The van der Waals surface area contributed by atoms with Crippen LogP contribution in [0, 0.1) is 24.7 Å². The van der Waals surface area contributed by atoms with Gasteiger partial charge in [0.2, 0.25) is 11.8 Å². The minimum atomic E-state index is -0.0814. The Bertz CT molecular complexity index is 1300. The lowest BCUT2D eigenvalue weighted by Gasteiger charge is -2.31. The summed E-state index contributed by atoms with van der Waals surface area (Å²) in [6, 6.07) is 7.89. The lowest BCUT2D eigenvalue weighted by atomic mass is 9.97. The normalized spacial score (nSPS) is 26.3. The van der Waals surface area contributed by atoms with Crippen LogP contribution in [0.2, 0.25) is 5.02 Å². The summed E-state index contributed by atoms with van der Waals surface area (Å²) in [4.78, 5) is 31.9. The molecule has 3 aromatic rings. The van der Waals surface area contributed by atoms with Crippen LogP contribution in [-0.4, -0.2) is 40.9 Å². The molecular weight excluding hydrogens is 470 g/mol. The predicted octanol–water partition coefficient (Wildman–Crippen LogP) is 4.81. The minimum absolute atomic E-state index is 0.0297. The van der Waals surface area contributed by atoms with Crippen LogP contribution in [0.1, 0.15) is 30.2 Å². The molecule has 2 amide bonds. The highest BCUT2D eigenvalue weighted by Crippen LogP contribution is 2.48. The number of hydrogen-bond donors (Lipinski definition) is 1. The molecule has 4 atom stereocenters. The summed E-state index contributed by atoms with van der Waals surface area (Å²) in [5.41, 5.74) is 3.81. The molecule has 2 saturated heterocycles. The highest BCUT2D eigenvalue weighted by molar-refractivity contribution is 7.19. The van der Waals surface area contributed by atoms with Crippen molar-refractivity contribution in [2.45, 2.75) is 39.3 Å². The number of aryl methyl sites for hydroxylation is 1. The molecule has 4 unspecified atom stereocenters. The third-order valence-corrected chi connectivity index (χ3v) is 8.60. The Hall–Kier alpha value is -2.48. The van der Waals surface area contributed by atoms with Crippen LogP contribution in [0.4, 0.5) is 0 Å². The second-order valence-corrected chi connectivity index (χ2v) is 11.3. The molecule has 2 aliphatic heterocycles. The smallest absolute Gasteiger partial charge is 0.233 e. The number of fused-ring (bicyclic) bond motifs is 2. The van der Waals surface area contributed by atoms with Crippen molar-refractivity contribution in [2.24, 2.45) is 17.8 Å². The molecule has 176 valence electrons. The lowest BCUT2D eigenvalue weighted by molar-refractivity contribution is -0.141. The van der Waals surface area contributed by atoms with Crippen molar-refractivity contribution >= 4 is 45.0 Å². The lowest BCUT2D eigenvalue weighted by Crippen LogP contribution is -2.41. The fourth-order valence-corrected chi connectivity index (χ4v) is 6.65. The van der Waals surface area contributed by atoms with Crippen LogP contribution in [0.5, 0.6) is 5.75 Å². The van der Waals surface area contributed by atoms with Gasteiger partial charge in [-0.1, -0.05) is 18.5 Å². The van der Waals surface area contributed by atoms with E-state index in [1.54, 1.807) is 17.5 Å². The predicted molar refractivity (Wildman–Crippen MR) is 133 cm³/mol. The maximum Gasteiger partial charge on any atom is 0.233 e. The zero-order valence-electron chi connectivity index (χ0n) is 19.1.